The van der Waals surface area contributed by atoms with Crippen LogP contribution in [0, 0.1) is 16.7 Å². The second-order valence-corrected chi connectivity index (χ2v) is 6.10. The molecule has 1 aliphatic carbocycles. The quantitative estimate of drug-likeness (QED) is 0.925. The average Bonchev–Trinajstić information content (AvgIpc) is 2.51. The molecule has 0 bridgehead atoms. The third-order valence-electron chi connectivity index (χ3n) is 4.14. The molecule has 0 saturated heterocycles. The molecule has 1 aliphatic rings. The van der Waals surface area contributed by atoms with E-state index < -0.39 is 5.41 Å². The molecule has 1 N–H and O–H groups in total. The van der Waals surface area contributed by atoms with Crippen molar-refractivity contribution >= 4 is 5.91 Å². The summed E-state index contributed by atoms with van der Waals surface area (Å²) in [6.45, 7) is 3.87. The summed E-state index contributed by atoms with van der Waals surface area (Å²) in [6.07, 6.45) is 3.23. The van der Waals surface area contributed by atoms with E-state index in [1.54, 1.807) is 21.0 Å². The van der Waals surface area contributed by atoms with Gasteiger partial charge in [-0.2, -0.15) is 5.26 Å². The van der Waals surface area contributed by atoms with Gasteiger partial charge in [0.05, 0.1) is 13.2 Å². The molecule has 0 aromatic heterocycles. The highest BCUT2D eigenvalue weighted by Crippen LogP contribution is 2.33. The lowest BCUT2D eigenvalue weighted by Gasteiger charge is -2.27. The first-order valence-corrected chi connectivity index (χ1v) is 7.34. The van der Waals surface area contributed by atoms with Crippen LogP contribution in [0.3, 0.4) is 0 Å². The van der Waals surface area contributed by atoms with Crippen LogP contribution in [0.15, 0.2) is 18.2 Å². The highest BCUT2D eigenvalue weighted by molar-refractivity contribution is 5.84. The number of ether oxygens (including phenoxy) is 1. The largest absolute Gasteiger partial charge is 0.497 e. The fourth-order valence-corrected chi connectivity index (χ4v) is 2.72. The van der Waals surface area contributed by atoms with Crippen molar-refractivity contribution in [3.05, 3.63) is 29.3 Å². The average molecular weight is 286 g/mol. The Labute approximate surface area is 126 Å². The van der Waals surface area contributed by atoms with Gasteiger partial charge in [0, 0.05) is 12.5 Å². The summed E-state index contributed by atoms with van der Waals surface area (Å²) < 4.78 is 5.27. The zero-order valence-electron chi connectivity index (χ0n) is 12.9. The Morgan fingerprint density at radius 2 is 2.29 bits per heavy atom. The van der Waals surface area contributed by atoms with E-state index in [0.717, 1.165) is 25.0 Å². The molecule has 112 valence electrons. The summed E-state index contributed by atoms with van der Waals surface area (Å²) in [5.74, 6) is 0.993. The lowest BCUT2D eigenvalue weighted by atomic mass is 9.82. The van der Waals surface area contributed by atoms with Crippen molar-refractivity contribution < 1.29 is 9.53 Å². The molecule has 4 nitrogen and oxygen atoms in total. The van der Waals surface area contributed by atoms with Crippen LogP contribution in [0.1, 0.15) is 43.7 Å². The number of carbonyl (C=O) groups excluding carboxylic acids is 1. The minimum absolute atomic E-state index is 0.203. The number of rotatable bonds is 4. The minimum atomic E-state index is -0.975. The van der Waals surface area contributed by atoms with Crippen molar-refractivity contribution in [1.82, 2.24) is 5.32 Å². The topological polar surface area (TPSA) is 62.1 Å². The van der Waals surface area contributed by atoms with Gasteiger partial charge in [0.25, 0.3) is 0 Å². The van der Waals surface area contributed by atoms with Gasteiger partial charge in [-0.1, -0.05) is 6.07 Å². The molecule has 1 unspecified atom stereocenters. The fraction of sp³-hybridized carbons (Fsp3) is 0.529. The fourth-order valence-electron chi connectivity index (χ4n) is 2.72. The summed E-state index contributed by atoms with van der Waals surface area (Å²) in [6, 6.07) is 8.19. The molecular formula is C17H22N2O2. The second kappa shape index (κ2) is 6.17. The zero-order valence-corrected chi connectivity index (χ0v) is 12.9. The highest BCUT2D eigenvalue weighted by atomic mass is 16.5. The Bertz CT molecular complexity index is 573. The third kappa shape index (κ3) is 3.36. The Morgan fingerprint density at radius 1 is 1.52 bits per heavy atom. The highest BCUT2D eigenvalue weighted by Gasteiger charge is 2.28. The summed E-state index contributed by atoms with van der Waals surface area (Å²) >= 11 is 0. The first-order chi connectivity index (χ1) is 9.97. The first-order valence-electron chi connectivity index (χ1n) is 7.34. The van der Waals surface area contributed by atoms with E-state index in [1.165, 1.54) is 11.1 Å². The lowest BCUT2D eigenvalue weighted by molar-refractivity contribution is -0.126. The third-order valence-corrected chi connectivity index (χ3v) is 4.14. The van der Waals surface area contributed by atoms with Crippen molar-refractivity contribution in [2.45, 2.75) is 39.0 Å². The Balaban J connectivity index is 2.07. The van der Waals surface area contributed by atoms with Crippen LogP contribution in [0.25, 0.3) is 0 Å². The van der Waals surface area contributed by atoms with E-state index in [9.17, 15) is 4.79 Å². The molecule has 1 atom stereocenters. The van der Waals surface area contributed by atoms with Crippen LogP contribution >= 0.6 is 0 Å². The molecular weight excluding hydrogens is 264 g/mol. The van der Waals surface area contributed by atoms with E-state index in [4.69, 9.17) is 10.00 Å². The number of aryl methyl sites for hydroxylation is 1. The number of amides is 1. The predicted molar refractivity (Wildman–Crippen MR) is 81.1 cm³/mol. The Hall–Kier alpha value is -2.02. The van der Waals surface area contributed by atoms with Gasteiger partial charge < -0.3 is 10.1 Å². The molecule has 21 heavy (non-hydrogen) atoms. The molecule has 2 rings (SSSR count). The van der Waals surface area contributed by atoms with Crippen LogP contribution in [-0.4, -0.2) is 19.6 Å². The van der Waals surface area contributed by atoms with Crippen LogP contribution in [0.2, 0.25) is 0 Å². The number of nitriles is 1. The van der Waals surface area contributed by atoms with Crippen LogP contribution in [0.4, 0.5) is 0 Å². The van der Waals surface area contributed by atoms with Crippen molar-refractivity contribution in [2.75, 3.05) is 13.7 Å². The van der Waals surface area contributed by atoms with Crippen molar-refractivity contribution in [2.24, 2.45) is 5.41 Å². The summed E-state index contributed by atoms with van der Waals surface area (Å²) in [4.78, 5) is 12.0. The maximum Gasteiger partial charge on any atom is 0.239 e. The van der Waals surface area contributed by atoms with Gasteiger partial charge in [0.2, 0.25) is 5.91 Å². The number of nitrogens with zero attached hydrogens (tertiary/aromatic N) is 1. The molecule has 0 spiro atoms. The molecule has 4 heteroatoms. The van der Waals surface area contributed by atoms with E-state index >= 15 is 0 Å². The first kappa shape index (κ1) is 15.4. The molecule has 0 heterocycles. The number of nitrogens with one attached hydrogen (secondary N) is 1. The second-order valence-electron chi connectivity index (χ2n) is 6.10. The Morgan fingerprint density at radius 3 is 2.95 bits per heavy atom. The molecule has 1 amide bonds. The van der Waals surface area contributed by atoms with Gasteiger partial charge in [0.1, 0.15) is 11.2 Å². The number of hydrogen-bond donors (Lipinski definition) is 1. The van der Waals surface area contributed by atoms with Crippen LogP contribution < -0.4 is 10.1 Å². The molecule has 1 aromatic carbocycles. The van der Waals surface area contributed by atoms with Gasteiger partial charge in [0.15, 0.2) is 0 Å². The SMILES string of the molecule is COc1ccc2c(c1)CCCC2CNC(=O)C(C)(C)C#N. The van der Waals surface area contributed by atoms with E-state index in [1.807, 2.05) is 12.1 Å². The minimum Gasteiger partial charge on any atom is -0.497 e. The molecule has 0 saturated carbocycles. The van der Waals surface area contributed by atoms with Gasteiger partial charge in [-0.25, -0.2) is 0 Å². The predicted octanol–water partition coefficient (Wildman–Crippen LogP) is 2.78. The number of methoxy groups -OCH3 is 1. The van der Waals surface area contributed by atoms with E-state index in [0.29, 0.717) is 12.5 Å². The molecule has 1 aromatic rings. The van der Waals surface area contributed by atoms with Crippen LogP contribution in [-0.2, 0) is 11.2 Å². The van der Waals surface area contributed by atoms with Gasteiger partial charge in [-0.3, -0.25) is 4.79 Å². The maximum absolute atomic E-state index is 12.0. The number of fused-ring (bicyclic) bond motifs is 1. The number of carbonyl (C=O) groups is 1. The zero-order chi connectivity index (χ0) is 15.5. The smallest absolute Gasteiger partial charge is 0.239 e. The monoisotopic (exact) mass is 286 g/mol. The van der Waals surface area contributed by atoms with E-state index in [2.05, 4.69) is 17.4 Å². The summed E-state index contributed by atoms with van der Waals surface area (Å²) in [5.41, 5.74) is 1.62. The van der Waals surface area contributed by atoms with Crippen molar-refractivity contribution in [3.8, 4) is 11.8 Å². The van der Waals surface area contributed by atoms with Gasteiger partial charge in [-0.15, -0.1) is 0 Å². The van der Waals surface area contributed by atoms with Crippen molar-refractivity contribution in [3.63, 3.8) is 0 Å². The van der Waals surface area contributed by atoms with E-state index in [-0.39, 0.29) is 5.91 Å². The standard InChI is InChI=1S/C17H22N2O2/c1-17(2,11-18)16(20)19-10-13-6-4-5-12-9-14(21-3)7-8-15(12)13/h7-9,13H,4-6,10H2,1-3H3,(H,19,20). The van der Waals surface area contributed by atoms with Gasteiger partial charge >= 0.3 is 0 Å². The van der Waals surface area contributed by atoms with Crippen LogP contribution in [0.5, 0.6) is 5.75 Å². The Kier molecular flexibility index (Phi) is 4.52. The molecule has 0 radical (unpaired) electrons. The molecule has 0 aliphatic heterocycles. The maximum atomic E-state index is 12.0. The van der Waals surface area contributed by atoms with Crippen molar-refractivity contribution in [1.29, 1.82) is 5.26 Å². The normalized spacial score (nSPS) is 17.5. The number of hydrogen-bond acceptors (Lipinski definition) is 3. The summed E-state index contributed by atoms with van der Waals surface area (Å²) in [7, 11) is 1.67. The summed E-state index contributed by atoms with van der Waals surface area (Å²) in [5, 5.41) is 11.9. The molecule has 0 fully saturated rings. The number of benzene rings is 1. The van der Waals surface area contributed by atoms with Gasteiger partial charge in [-0.05, 0) is 56.4 Å². The lowest BCUT2D eigenvalue weighted by Crippen LogP contribution is -2.38.